The lowest BCUT2D eigenvalue weighted by atomic mass is 9.98. The van der Waals surface area contributed by atoms with E-state index in [1.165, 1.54) is 7.11 Å². The molecule has 0 amide bonds. The Morgan fingerprint density at radius 1 is 1.32 bits per heavy atom. The molecule has 1 saturated heterocycles. The van der Waals surface area contributed by atoms with Gasteiger partial charge < -0.3 is 9.47 Å². The van der Waals surface area contributed by atoms with Crippen LogP contribution in [0.4, 0.5) is 0 Å². The topological polar surface area (TPSA) is 38.8 Å². The van der Waals surface area contributed by atoms with Gasteiger partial charge in [0.05, 0.1) is 26.2 Å². The minimum atomic E-state index is -0.214. The summed E-state index contributed by atoms with van der Waals surface area (Å²) in [6.07, 6.45) is 0. The van der Waals surface area contributed by atoms with Crippen LogP contribution in [-0.2, 0) is 14.3 Å². The summed E-state index contributed by atoms with van der Waals surface area (Å²) in [7, 11) is 1.44. The molecule has 0 aromatic heterocycles. The molecule has 1 unspecified atom stereocenters. The van der Waals surface area contributed by atoms with Crippen LogP contribution in [0.15, 0.2) is 30.3 Å². The van der Waals surface area contributed by atoms with Gasteiger partial charge in [0.1, 0.15) is 0 Å². The zero-order chi connectivity index (χ0) is 12.8. The molecule has 0 saturated carbocycles. The maximum atomic E-state index is 11.9. The lowest BCUT2D eigenvalue weighted by Crippen LogP contribution is -2.40. The molecule has 0 N–H and O–H groups in total. The van der Waals surface area contributed by atoms with E-state index in [2.05, 4.69) is 4.90 Å². The van der Waals surface area contributed by atoms with Crippen molar-refractivity contribution in [3.8, 4) is 0 Å². The van der Waals surface area contributed by atoms with E-state index >= 15 is 0 Å². The van der Waals surface area contributed by atoms with Gasteiger partial charge in [0.25, 0.3) is 0 Å². The lowest BCUT2D eigenvalue weighted by Gasteiger charge is -2.29. The van der Waals surface area contributed by atoms with Crippen LogP contribution in [0.25, 0.3) is 0 Å². The number of ether oxygens (including phenoxy) is 2. The molecule has 1 aliphatic heterocycles. The molecule has 1 aliphatic rings. The molecule has 1 aromatic carbocycles. The molecule has 0 spiro atoms. The van der Waals surface area contributed by atoms with Crippen LogP contribution in [0.1, 0.15) is 11.5 Å². The van der Waals surface area contributed by atoms with E-state index in [-0.39, 0.29) is 24.3 Å². The molecule has 4 nitrogen and oxygen atoms in total. The molecule has 106 valence electrons. The van der Waals surface area contributed by atoms with Crippen molar-refractivity contribution in [1.82, 2.24) is 4.90 Å². The van der Waals surface area contributed by atoms with Gasteiger partial charge in [-0.05, 0) is 5.56 Å². The van der Waals surface area contributed by atoms with Gasteiger partial charge in [-0.1, -0.05) is 30.3 Å². The zero-order valence-electron chi connectivity index (χ0n) is 11.1. The van der Waals surface area contributed by atoms with Crippen molar-refractivity contribution in [1.29, 1.82) is 0 Å². The quantitative estimate of drug-likeness (QED) is 0.790. The van der Waals surface area contributed by atoms with Gasteiger partial charge >= 0.3 is 5.97 Å². The monoisotopic (exact) mass is 285 g/mol. The van der Waals surface area contributed by atoms with E-state index in [0.717, 1.165) is 31.9 Å². The van der Waals surface area contributed by atoms with E-state index < -0.39 is 0 Å². The SMILES string of the molecule is COC(=O)C(CN1CCOCC1)c1ccccc1.Cl. The highest BCUT2D eigenvalue weighted by Gasteiger charge is 2.25. The molecule has 1 heterocycles. The first-order valence-electron chi connectivity index (χ1n) is 6.24. The highest BCUT2D eigenvalue weighted by Crippen LogP contribution is 2.19. The molecule has 5 heteroatoms. The minimum absolute atomic E-state index is 0. The number of carbonyl (C=O) groups is 1. The second-order valence-electron chi connectivity index (χ2n) is 4.40. The minimum Gasteiger partial charge on any atom is -0.469 e. The van der Waals surface area contributed by atoms with E-state index in [0.29, 0.717) is 6.54 Å². The summed E-state index contributed by atoms with van der Waals surface area (Å²) in [5.74, 6) is -0.387. The van der Waals surface area contributed by atoms with Crippen molar-refractivity contribution in [3.05, 3.63) is 35.9 Å². The standard InChI is InChI=1S/C14H19NO3.ClH/c1-17-14(16)13(12-5-3-2-4-6-12)11-15-7-9-18-10-8-15;/h2-6,13H,7-11H2,1H3;1H. The Hall–Kier alpha value is -1.10. The predicted octanol–water partition coefficient (Wildman–Crippen LogP) is 1.70. The van der Waals surface area contributed by atoms with Crippen LogP contribution in [0.3, 0.4) is 0 Å². The summed E-state index contributed by atoms with van der Waals surface area (Å²) >= 11 is 0. The van der Waals surface area contributed by atoms with Gasteiger partial charge in [-0.15, -0.1) is 12.4 Å². The number of esters is 1. The Balaban J connectivity index is 0.00000180. The van der Waals surface area contributed by atoms with Gasteiger partial charge in [-0.2, -0.15) is 0 Å². The Morgan fingerprint density at radius 2 is 1.95 bits per heavy atom. The van der Waals surface area contributed by atoms with Crippen LogP contribution in [-0.4, -0.2) is 50.8 Å². The Kier molecular flexibility index (Phi) is 6.84. The van der Waals surface area contributed by atoms with Crippen molar-refractivity contribution in [2.75, 3.05) is 40.0 Å². The molecule has 19 heavy (non-hydrogen) atoms. The number of hydrogen-bond acceptors (Lipinski definition) is 4. The first-order valence-corrected chi connectivity index (χ1v) is 6.24. The van der Waals surface area contributed by atoms with E-state index in [1.807, 2.05) is 30.3 Å². The highest BCUT2D eigenvalue weighted by molar-refractivity contribution is 5.85. The number of hydrogen-bond donors (Lipinski definition) is 0. The average molecular weight is 286 g/mol. The number of benzene rings is 1. The van der Waals surface area contributed by atoms with E-state index in [9.17, 15) is 4.79 Å². The Bertz CT molecular complexity index is 380. The third-order valence-corrected chi connectivity index (χ3v) is 3.23. The second kappa shape index (κ2) is 8.15. The third-order valence-electron chi connectivity index (χ3n) is 3.23. The molecule has 1 fully saturated rings. The molecule has 0 bridgehead atoms. The maximum Gasteiger partial charge on any atom is 0.314 e. The number of nitrogens with zero attached hydrogens (tertiary/aromatic N) is 1. The molecule has 0 radical (unpaired) electrons. The molecular weight excluding hydrogens is 266 g/mol. The number of morpholine rings is 1. The van der Waals surface area contributed by atoms with Gasteiger partial charge in [0.15, 0.2) is 0 Å². The molecule has 1 aromatic rings. The fourth-order valence-electron chi connectivity index (χ4n) is 2.19. The third kappa shape index (κ3) is 4.49. The average Bonchev–Trinajstić information content (AvgIpc) is 2.46. The summed E-state index contributed by atoms with van der Waals surface area (Å²) in [5, 5.41) is 0. The van der Waals surface area contributed by atoms with Crippen molar-refractivity contribution in [3.63, 3.8) is 0 Å². The maximum absolute atomic E-state index is 11.9. The summed E-state index contributed by atoms with van der Waals surface area (Å²) < 4.78 is 10.2. The largest absolute Gasteiger partial charge is 0.469 e. The van der Waals surface area contributed by atoms with Gasteiger partial charge in [-0.3, -0.25) is 9.69 Å². The van der Waals surface area contributed by atoms with E-state index in [4.69, 9.17) is 9.47 Å². The van der Waals surface area contributed by atoms with Crippen LogP contribution >= 0.6 is 12.4 Å². The van der Waals surface area contributed by atoms with Gasteiger partial charge in [0, 0.05) is 19.6 Å². The first-order chi connectivity index (χ1) is 8.81. The summed E-state index contributed by atoms with van der Waals surface area (Å²) in [5.41, 5.74) is 1.01. The summed E-state index contributed by atoms with van der Waals surface area (Å²) in [4.78, 5) is 14.2. The second-order valence-corrected chi connectivity index (χ2v) is 4.40. The van der Waals surface area contributed by atoms with Crippen molar-refractivity contribution >= 4 is 18.4 Å². The summed E-state index contributed by atoms with van der Waals surface area (Å²) in [6.45, 7) is 3.92. The van der Waals surface area contributed by atoms with Gasteiger partial charge in [-0.25, -0.2) is 0 Å². The van der Waals surface area contributed by atoms with E-state index in [1.54, 1.807) is 0 Å². The molecule has 1 atom stereocenters. The normalized spacial score (nSPS) is 17.3. The fraction of sp³-hybridized carbons (Fsp3) is 0.500. The van der Waals surface area contributed by atoms with Crippen molar-refractivity contribution < 1.29 is 14.3 Å². The van der Waals surface area contributed by atoms with Crippen LogP contribution in [0.5, 0.6) is 0 Å². The zero-order valence-corrected chi connectivity index (χ0v) is 11.9. The smallest absolute Gasteiger partial charge is 0.314 e. The highest BCUT2D eigenvalue weighted by atomic mass is 35.5. The number of methoxy groups -OCH3 is 1. The fourth-order valence-corrected chi connectivity index (χ4v) is 2.19. The molecule has 2 rings (SSSR count). The van der Waals surface area contributed by atoms with Crippen molar-refractivity contribution in [2.45, 2.75) is 5.92 Å². The number of rotatable bonds is 4. The lowest BCUT2D eigenvalue weighted by molar-refractivity contribution is -0.143. The summed E-state index contributed by atoms with van der Waals surface area (Å²) in [6, 6.07) is 9.80. The van der Waals surface area contributed by atoms with Crippen LogP contribution < -0.4 is 0 Å². The molecular formula is C14H20ClNO3. The number of carbonyl (C=O) groups excluding carboxylic acids is 1. The molecule has 0 aliphatic carbocycles. The number of halogens is 1. The first kappa shape index (κ1) is 16.0. The van der Waals surface area contributed by atoms with Gasteiger partial charge in [0.2, 0.25) is 0 Å². The van der Waals surface area contributed by atoms with Crippen LogP contribution in [0.2, 0.25) is 0 Å². The van der Waals surface area contributed by atoms with Crippen LogP contribution in [0, 0.1) is 0 Å². The van der Waals surface area contributed by atoms with Crippen molar-refractivity contribution in [2.24, 2.45) is 0 Å². The predicted molar refractivity (Wildman–Crippen MR) is 75.7 cm³/mol. The Morgan fingerprint density at radius 3 is 2.53 bits per heavy atom. The Labute approximate surface area is 120 Å².